The van der Waals surface area contributed by atoms with Gasteiger partial charge in [0.15, 0.2) is 0 Å². The third kappa shape index (κ3) is 8.90. The molecule has 1 fully saturated rings. The maximum atomic E-state index is 13.4. The van der Waals surface area contributed by atoms with Crippen LogP contribution in [0.15, 0.2) is 0 Å². The summed E-state index contributed by atoms with van der Waals surface area (Å²) in [6.45, 7) is 4.37. The number of carboxylic acids is 2. The molecule has 0 aromatic carbocycles. The standard InChI is InChI=1S/C22H39N5O7/c1-3-13(2)18(26-19(30)14(24)9-10-17(28)29)21(32)27-12-6-8-16(27)20(31)25-15(22(33)34)7-4-5-11-23/h13-16,18H,3-12,23-24H2,1-2H3,(H,25,31)(H,26,30)(H,28,29)(H,33,34). The van der Waals surface area contributed by atoms with Crippen LogP contribution in [0.3, 0.4) is 0 Å². The number of amides is 3. The van der Waals surface area contributed by atoms with E-state index in [1.165, 1.54) is 4.90 Å². The van der Waals surface area contributed by atoms with E-state index < -0.39 is 53.8 Å². The average molecular weight is 486 g/mol. The zero-order valence-corrected chi connectivity index (χ0v) is 20.0. The zero-order valence-electron chi connectivity index (χ0n) is 20.0. The molecule has 8 N–H and O–H groups in total. The van der Waals surface area contributed by atoms with Gasteiger partial charge in [-0.15, -0.1) is 0 Å². The normalized spacial score (nSPS) is 19.1. The summed E-state index contributed by atoms with van der Waals surface area (Å²) in [5.74, 6) is -4.12. The van der Waals surface area contributed by atoms with E-state index in [0.29, 0.717) is 45.2 Å². The Labute approximate surface area is 199 Å². The minimum Gasteiger partial charge on any atom is -0.481 e. The molecular formula is C22H39N5O7. The average Bonchev–Trinajstić information content (AvgIpc) is 3.29. The highest BCUT2D eigenvalue weighted by Gasteiger charge is 2.40. The van der Waals surface area contributed by atoms with E-state index in [2.05, 4.69) is 10.6 Å². The molecule has 0 saturated carbocycles. The Balaban J connectivity index is 2.91. The van der Waals surface area contributed by atoms with Gasteiger partial charge in [-0.1, -0.05) is 20.3 Å². The molecule has 0 radical (unpaired) electrons. The molecule has 1 rings (SSSR count). The number of carbonyl (C=O) groups excluding carboxylic acids is 3. The van der Waals surface area contributed by atoms with Crippen molar-refractivity contribution in [3.63, 3.8) is 0 Å². The lowest BCUT2D eigenvalue weighted by Gasteiger charge is -2.32. The molecule has 12 heteroatoms. The van der Waals surface area contributed by atoms with Crippen LogP contribution in [0.5, 0.6) is 0 Å². The summed E-state index contributed by atoms with van der Waals surface area (Å²) in [6.07, 6.45) is 2.58. The van der Waals surface area contributed by atoms with Crippen LogP contribution in [0.2, 0.25) is 0 Å². The molecule has 5 atom stereocenters. The van der Waals surface area contributed by atoms with E-state index in [1.54, 1.807) is 6.92 Å². The summed E-state index contributed by atoms with van der Waals surface area (Å²) in [7, 11) is 0. The van der Waals surface area contributed by atoms with Gasteiger partial charge in [-0.05, 0) is 51.0 Å². The van der Waals surface area contributed by atoms with Gasteiger partial charge in [-0.25, -0.2) is 4.79 Å². The van der Waals surface area contributed by atoms with Crippen molar-refractivity contribution in [2.75, 3.05) is 13.1 Å². The summed E-state index contributed by atoms with van der Waals surface area (Å²) >= 11 is 0. The van der Waals surface area contributed by atoms with Gasteiger partial charge >= 0.3 is 11.9 Å². The van der Waals surface area contributed by atoms with Gasteiger partial charge < -0.3 is 37.2 Å². The molecule has 194 valence electrons. The third-order valence-corrected chi connectivity index (χ3v) is 6.18. The monoisotopic (exact) mass is 485 g/mol. The van der Waals surface area contributed by atoms with Crippen LogP contribution in [0.4, 0.5) is 0 Å². The molecule has 5 unspecified atom stereocenters. The molecule has 0 spiro atoms. The zero-order chi connectivity index (χ0) is 25.8. The van der Waals surface area contributed by atoms with E-state index in [9.17, 15) is 29.1 Å². The van der Waals surface area contributed by atoms with Crippen molar-refractivity contribution in [3.05, 3.63) is 0 Å². The molecule has 0 aromatic heterocycles. The smallest absolute Gasteiger partial charge is 0.326 e. The molecule has 0 bridgehead atoms. The van der Waals surface area contributed by atoms with Crippen molar-refractivity contribution in [1.29, 1.82) is 0 Å². The van der Waals surface area contributed by atoms with Crippen LogP contribution in [-0.4, -0.2) is 82.0 Å². The van der Waals surface area contributed by atoms with E-state index in [4.69, 9.17) is 16.6 Å². The number of likely N-dealkylation sites (tertiary alicyclic amines) is 1. The molecule has 34 heavy (non-hydrogen) atoms. The molecule has 0 aromatic rings. The van der Waals surface area contributed by atoms with Gasteiger partial charge in [0, 0.05) is 13.0 Å². The van der Waals surface area contributed by atoms with Gasteiger partial charge in [0.25, 0.3) is 0 Å². The maximum absolute atomic E-state index is 13.4. The summed E-state index contributed by atoms with van der Waals surface area (Å²) in [4.78, 5) is 62.5. The molecular weight excluding hydrogens is 446 g/mol. The van der Waals surface area contributed by atoms with Crippen molar-refractivity contribution in [1.82, 2.24) is 15.5 Å². The van der Waals surface area contributed by atoms with Gasteiger partial charge in [0.1, 0.15) is 18.1 Å². The Bertz CT molecular complexity index is 732. The number of hydrogen-bond acceptors (Lipinski definition) is 7. The molecule has 3 amide bonds. The lowest BCUT2D eigenvalue weighted by molar-refractivity contribution is -0.145. The second kappa shape index (κ2) is 14.5. The predicted molar refractivity (Wildman–Crippen MR) is 123 cm³/mol. The minimum atomic E-state index is -1.15. The number of unbranched alkanes of at least 4 members (excludes halogenated alkanes) is 1. The first kappa shape index (κ1) is 29.3. The molecule has 1 saturated heterocycles. The van der Waals surface area contributed by atoms with Crippen molar-refractivity contribution in [2.45, 2.75) is 89.4 Å². The summed E-state index contributed by atoms with van der Waals surface area (Å²) in [6, 6.07) is -3.94. The lowest BCUT2D eigenvalue weighted by atomic mass is 9.96. The second-order valence-corrected chi connectivity index (χ2v) is 8.78. The molecule has 1 heterocycles. The molecule has 1 aliphatic rings. The van der Waals surface area contributed by atoms with E-state index in [0.717, 1.165) is 0 Å². The number of aliphatic carboxylic acids is 2. The van der Waals surface area contributed by atoms with E-state index in [1.807, 2.05) is 6.92 Å². The highest BCUT2D eigenvalue weighted by atomic mass is 16.4. The lowest BCUT2D eigenvalue weighted by Crippen LogP contribution is -2.58. The predicted octanol–water partition coefficient (Wildman–Crippen LogP) is -0.601. The number of carboxylic acid groups (broad SMARTS) is 2. The Kier molecular flexibility index (Phi) is 12.5. The Hall–Kier alpha value is -2.73. The third-order valence-electron chi connectivity index (χ3n) is 6.18. The molecule has 1 aliphatic heterocycles. The van der Waals surface area contributed by atoms with Gasteiger partial charge in [-0.2, -0.15) is 0 Å². The Morgan fingerprint density at radius 1 is 1.09 bits per heavy atom. The number of nitrogens with zero attached hydrogens (tertiary/aromatic N) is 1. The fourth-order valence-electron chi connectivity index (χ4n) is 3.85. The fourth-order valence-corrected chi connectivity index (χ4v) is 3.85. The quantitative estimate of drug-likeness (QED) is 0.163. The Morgan fingerprint density at radius 3 is 2.32 bits per heavy atom. The van der Waals surface area contributed by atoms with Crippen LogP contribution in [0.1, 0.15) is 65.2 Å². The van der Waals surface area contributed by atoms with Crippen LogP contribution in [0.25, 0.3) is 0 Å². The number of nitrogens with one attached hydrogen (secondary N) is 2. The fraction of sp³-hybridized carbons (Fsp3) is 0.773. The van der Waals surface area contributed by atoms with Crippen LogP contribution in [-0.2, 0) is 24.0 Å². The number of nitrogens with two attached hydrogens (primary N) is 2. The summed E-state index contributed by atoms with van der Waals surface area (Å²) in [5.41, 5.74) is 11.2. The van der Waals surface area contributed by atoms with E-state index in [-0.39, 0.29) is 25.2 Å². The second-order valence-electron chi connectivity index (χ2n) is 8.78. The largest absolute Gasteiger partial charge is 0.481 e. The highest BCUT2D eigenvalue weighted by Crippen LogP contribution is 2.22. The van der Waals surface area contributed by atoms with Crippen molar-refractivity contribution in [3.8, 4) is 0 Å². The highest BCUT2D eigenvalue weighted by molar-refractivity contribution is 5.94. The summed E-state index contributed by atoms with van der Waals surface area (Å²) < 4.78 is 0. The first-order valence-corrected chi connectivity index (χ1v) is 11.8. The topological polar surface area (TPSA) is 205 Å². The molecule has 12 nitrogen and oxygen atoms in total. The maximum Gasteiger partial charge on any atom is 0.326 e. The number of carbonyl (C=O) groups is 5. The van der Waals surface area contributed by atoms with E-state index >= 15 is 0 Å². The van der Waals surface area contributed by atoms with Crippen LogP contribution in [0, 0.1) is 5.92 Å². The molecule has 0 aliphatic carbocycles. The SMILES string of the molecule is CCC(C)C(NC(=O)C(N)CCC(=O)O)C(=O)N1CCCC1C(=O)NC(CCCCN)C(=O)O. The Morgan fingerprint density at radius 2 is 1.76 bits per heavy atom. The first-order chi connectivity index (χ1) is 16.0. The first-order valence-electron chi connectivity index (χ1n) is 11.8. The van der Waals surface area contributed by atoms with Crippen molar-refractivity contribution in [2.24, 2.45) is 17.4 Å². The van der Waals surface area contributed by atoms with Gasteiger partial charge in [0.2, 0.25) is 17.7 Å². The van der Waals surface area contributed by atoms with Gasteiger partial charge in [0.05, 0.1) is 6.04 Å². The van der Waals surface area contributed by atoms with Gasteiger partial charge in [-0.3, -0.25) is 19.2 Å². The summed E-state index contributed by atoms with van der Waals surface area (Å²) in [5, 5.41) is 23.4. The number of rotatable bonds is 15. The van der Waals surface area contributed by atoms with Crippen LogP contribution < -0.4 is 22.1 Å². The minimum absolute atomic E-state index is 0.0714. The van der Waals surface area contributed by atoms with Crippen molar-refractivity contribution >= 4 is 29.7 Å². The van der Waals surface area contributed by atoms with Crippen LogP contribution >= 0.6 is 0 Å². The number of hydrogen-bond donors (Lipinski definition) is 6. The van der Waals surface area contributed by atoms with Crippen molar-refractivity contribution < 1.29 is 34.2 Å².